The van der Waals surface area contributed by atoms with Crippen molar-refractivity contribution < 1.29 is 9.53 Å². The standard InChI is InChI=1S/C16H18O2S.C2H6/c1-4-14(10-11-15(5-2)19-3)18-16-9-7-6-8-13(16)12-17;1-2/h5-12H,2,4H2,1,3H3;1-2H3/b14-10+,15-11+;. The summed E-state index contributed by atoms with van der Waals surface area (Å²) in [5, 5.41) is 0. The number of hydrogen-bond acceptors (Lipinski definition) is 3. The summed E-state index contributed by atoms with van der Waals surface area (Å²) < 4.78 is 5.77. The lowest BCUT2D eigenvalue weighted by Crippen LogP contribution is -1.96. The van der Waals surface area contributed by atoms with Crippen molar-refractivity contribution in [2.24, 2.45) is 0 Å². The Kier molecular flexibility index (Phi) is 11.0. The van der Waals surface area contributed by atoms with Crippen LogP contribution in [0.15, 0.2) is 59.7 Å². The molecule has 1 rings (SSSR count). The van der Waals surface area contributed by atoms with Gasteiger partial charge in [0.05, 0.1) is 5.56 Å². The van der Waals surface area contributed by atoms with E-state index in [9.17, 15) is 4.79 Å². The van der Waals surface area contributed by atoms with Gasteiger partial charge < -0.3 is 4.74 Å². The zero-order chi connectivity index (χ0) is 16.1. The van der Waals surface area contributed by atoms with Crippen LogP contribution in [0, 0.1) is 0 Å². The first kappa shape index (κ1) is 19.3. The molecule has 2 nitrogen and oxygen atoms in total. The minimum Gasteiger partial charge on any atom is -0.461 e. The van der Waals surface area contributed by atoms with Crippen molar-refractivity contribution in [2.75, 3.05) is 6.26 Å². The Hall–Kier alpha value is -1.74. The molecule has 0 fully saturated rings. The number of aldehydes is 1. The fraction of sp³-hybridized carbons (Fsp3) is 0.278. The van der Waals surface area contributed by atoms with Crippen molar-refractivity contribution in [1.82, 2.24) is 0 Å². The molecular formula is C18H24O2S. The largest absolute Gasteiger partial charge is 0.461 e. The summed E-state index contributed by atoms with van der Waals surface area (Å²) in [6, 6.07) is 7.19. The number of benzene rings is 1. The topological polar surface area (TPSA) is 26.3 Å². The van der Waals surface area contributed by atoms with Gasteiger partial charge in [-0.3, -0.25) is 4.79 Å². The first-order valence-electron chi connectivity index (χ1n) is 7.04. The molecule has 0 heterocycles. The van der Waals surface area contributed by atoms with Crippen molar-refractivity contribution >= 4 is 18.0 Å². The van der Waals surface area contributed by atoms with Crippen LogP contribution in [0.3, 0.4) is 0 Å². The highest BCUT2D eigenvalue weighted by atomic mass is 32.2. The number of ether oxygens (including phenoxy) is 1. The van der Waals surface area contributed by atoms with Gasteiger partial charge in [0.25, 0.3) is 0 Å². The van der Waals surface area contributed by atoms with Gasteiger partial charge in [0.15, 0.2) is 6.29 Å². The number of thioether (sulfide) groups is 1. The molecule has 3 heteroatoms. The minimum absolute atomic E-state index is 0.555. The lowest BCUT2D eigenvalue weighted by Gasteiger charge is -2.09. The quantitative estimate of drug-likeness (QED) is 0.371. The fourth-order valence-electron chi connectivity index (χ4n) is 1.43. The maximum Gasteiger partial charge on any atom is 0.153 e. The molecular weight excluding hydrogens is 280 g/mol. The number of allylic oxidation sites excluding steroid dienone is 4. The van der Waals surface area contributed by atoms with Crippen LogP contribution in [-0.2, 0) is 0 Å². The van der Waals surface area contributed by atoms with E-state index in [4.69, 9.17) is 4.74 Å². The van der Waals surface area contributed by atoms with Crippen LogP contribution in [0.5, 0.6) is 5.75 Å². The number of hydrogen-bond donors (Lipinski definition) is 0. The molecule has 0 N–H and O–H groups in total. The number of para-hydroxylation sites is 1. The fourth-order valence-corrected chi connectivity index (χ4v) is 1.80. The predicted octanol–water partition coefficient (Wildman–Crippen LogP) is 5.63. The first-order valence-corrected chi connectivity index (χ1v) is 8.27. The molecule has 0 bridgehead atoms. The van der Waals surface area contributed by atoms with Gasteiger partial charge in [-0.15, -0.1) is 11.8 Å². The second-order valence-electron chi connectivity index (χ2n) is 3.72. The monoisotopic (exact) mass is 304 g/mol. The Bertz CT molecular complexity index is 502. The lowest BCUT2D eigenvalue weighted by molar-refractivity contribution is 0.112. The van der Waals surface area contributed by atoms with Crippen LogP contribution in [0.25, 0.3) is 0 Å². The average molecular weight is 304 g/mol. The number of rotatable bonds is 7. The summed E-state index contributed by atoms with van der Waals surface area (Å²) in [4.78, 5) is 12.0. The van der Waals surface area contributed by atoms with E-state index < -0.39 is 0 Å². The van der Waals surface area contributed by atoms with Crippen molar-refractivity contribution in [2.45, 2.75) is 27.2 Å². The minimum atomic E-state index is 0.555. The Morgan fingerprint density at radius 2 is 1.95 bits per heavy atom. The Morgan fingerprint density at radius 1 is 1.29 bits per heavy atom. The molecule has 1 aromatic rings. The summed E-state index contributed by atoms with van der Waals surface area (Å²) in [6.07, 6.45) is 9.22. The van der Waals surface area contributed by atoms with Crippen LogP contribution in [0.2, 0.25) is 0 Å². The molecule has 0 saturated heterocycles. The summed E-state index contributed by atoms with van der Waals surface area (Å²) in [7, 11) is 0. The highest BCUT2D eigenvalue weighted by Crippen LogP contribution is 2.20. The van der Waals surface area contributed by atoms with Crippen LogP contribution < -0.4 is 4.74 Å². The van der Waals surface area contributed by atoms with Crippen LogP contribution in [0.4, 0.5) is 0 Å². The Morgan fingerprint density at radius 3 is 2.48 bits per heavy atom. The summed E-state index contributed by atoms with van der Waals surface area (Å²) in [6.45, 7) is 9.75. The third-order valence-corrected chi connectivity index (χ3v) is 3.28. The molecule has 0 aliphatic heterocycles. The zero-order valence-electron chi connectivity index (χ0n) is 13.3. The highest BCUT2D eigenvalue weighted by Gasteiger charge is 2.03. The molecule has 21 heavy (non-hydrogen) atoms. The molecule has 114 valence electrons. The second kappa shape index (κ2) is 12.0. The molecule has 0 radical (unpaired) electrons. The van der Waals surface area contributed by atoms with E-state index in [0.717, 1.165) is 23.4 Å². The SMILES string of the molecule is C=C/C(=C\C=C(/CC)Oc1ccccc1C=O)SC.CC. The van der Waals surface area contributed by atoms with Gasteiger partial charge in [0.1, 0.15) is 11.5 Å². The van der Waals surface area contributed by atoms with Crippen LogP contribution >= 0.6 is 11.8 Å². The smallest absolute Gasteiger partial charge is 0.153 e. The lowest BCUT2D eigenvalue weighted by atomic mass is 10.2. The predicted molar refractivity (Wildman–Crippen MR) is 94.0 cm³/mol. The van der Waals surface area contributed by atoms with E-state index in [1.807, 2.05) is 51.3 Å². The van der Waals surface area contributed by atoms with E-state index in [1.165, 1.54) is 0 Å². The van der Waals surface area contributed by atoms with E-state index in [-0.39, 0.29) is 0 Å². The summed E-state index contributed by atoms with van der Waals surface area (Å²) in [5.74, 6) is 1.39. The van der Waals surface area contributed by atoms with Crippen LogP contribution in [0.1, 0.15) is 37.6 Å². The van der Waals surface area contributed by atoms with Gasteiger partial charge in [-0.25, -0.2) is 0 Å². The van der Waals surface area contributed by atoms with Crippen LogP contribution in [-0.4, -0.2) is 12.5 Å². The zero-order valence-corrected chi connectivity index (χ0v) is 14.1. The Labute approximate surface area is 132 Å². The van der Waals surface area contributed by atoms with Gasteiger partial charge in [-0.05, 0) is 30.5 Å². The molecule has 0 spiro atoms. The van der Waals surface area contributed by atoms with Crippen molar-refractivity contribution in [3.63, 3.8) is 0 Å². The molecule has 0 aliphatic carbocycles. The second-order valence-corrected chi connectivity index (χ2v) is 4.60. The molecule has 0 aromatic heterocycles. The van der Waals surface area contributed by atoms with Gasteiger partial charge in [0, 0.05) is 11.3 Å². The summed E-state index contributed by atoms with van der Waals surface area (Å²) in [5.41, 5.74) is 0.555. The Balaban J connectivity index is 0.00000191. The van der Waals surface area contributed by atoms with Gasteiger partial charge in [0.2, 0.25) is 0 Å². The molecule has 0 atom stereocenters. The maximum absolute atomic E-state index is 10.9. The third kappa shape index (κ3) is 7.00. The number of carbonyl (C=O) groups excluding carboxylic acids is 1. The average Bonchev–Trinajstić information content (AvgIpc) is 2.56. The van der Waals surface area contributed by atoms with E-state index in [2.05, 4.69) is 6.58 Å². The van der Waals surface area contributed by atoms with Gasteiger partial charge in [-0.2, -0.15) is 0 Å². The molecule has 0 amide bonds. The van der Waals surface area contributed by atoms with E-state index in [0.29, 0.717) is 11.3 Å². The first-order chi connectivity index (χ1) is 10.2. The normalized spacial score (nSPS) is 11.2. The third-order valence-electron chi connectivity index (χ3n) is 2.51. The van der Waals surface area contributed by atoms with Crippen molar-refractivity contribution in [3.8, 4) is 5.75 Å². The summed E-state index contributed by atoms with van der Waals surface area (Å²) >= 11 is 1.62. The molecule has 0 aliphatic rings. The van der Waals surface area contributed by atoms with Crippen molar-refractivity contribution in [3.05, 3.63) is 65.3 Å². The van der Waals surface area contributed by atoms with E-state index >= 15 is 0 Å². The molecule has 1 aromatic carbocycles. The van der Waals surface area contributed by atoms with Crippen molar-refractivity contribution in [1.29, 1.82) is 0 Å². The van der Waals surface area contributed by atoms with Gasteiger partial charge in [-0.1, -0.05) is 45.6 Å². The van der Waals surface area contributed by atoms with E-state index in [1.54, 1.807) is 30.0 Å². The van der Waals surface area contributed by atoms with Gasteiger partial charge >= 0.3 is 0 Å². The number of carbonyl (C=O) groups is 1. The highest BCUT2D eigenvalue weighted by molar-refractivity contribution is 8.02. The molecule has 0 unspecified atom stereocenters. The maximum atomic E-state index is 10.9. The molecule has 0 saturated carbocycles.